The Morgan fingerprint density at radius 3 is 2.19 bits per heavy atom. The molecule has 1 heterocycles. The van der Waals surface area contributed by atoms with Crippen LogP contribution in [0, 0.1) is 29.1 Å². The highest BCUT2D eigenvalue weighted by Gasteiger charge is 2.51. The normalized spacial score (nSPS) is 37.2. The molecule has 1 atom stereocenters. The molecule has 4 saturated carbocycles. The zero-order chi connectivity index (χ0) is 17.3. The average molecular weight is 384 g/mol. The third-order valence-electron chi connectivity index (χ3n) is 7.18. The van der Waals surface area contributed by atoms with E-state index in [1.165, 1.54) is 44.9 Å². The number of halogens is 1. The highest BCUT2D eigenvalue weighted by Crippen LogP contribution is 2.61. The monoisotopic (exact) mass is 383 g/mol. The maximum atomic E-state index is 12.4. The third-order valence-corrected chi connectivity index (χ3v) is 7.18. The van der Waals surface area contributed by atoms with E-state index in [-0.39, 0.29) is 36.2 Å². The van der Waals surface area contributed by atoms with Crippen molar-refractivity contribution in [3.05, 3.63) is 0 Å². The smallest absolute Gasteiger partial charge is 0.239 e. The molecule has 0 aromatic carbocycles. The summed E-state index contributed by atoms with van der Waals surface area (Å²) < 4.78 is 0. The molecule has 26 heavy (non-hydrogen) atoms. The van der Waals surface area contributed by atoms with Gasteiger partial charge in [0.05, 0.1) is 6.54 Å². The quantitative estimate of drug-likeness (QED) is 0.631. The van der Waals surface area contributed by atoms with Gasteiger partial charge in [0.25, 0.3) is 0 Å². The van der Waals surface area contributed by atoms with Gasteiger partial charge in [-0.3, -0.25) is 9.59 Å². The lowest BCUT2D eigenvalue weighted by Crippen LogP contribution is -2.48. The molecule has 5 nitrogen and oxygen atoms in total. The van der Waals surface area contributed by atoms with Crippen molar-refractivity contribution >= 4 is 24.2 Å². The van der Waals surface area contributed by atoms with Gasteiger partial charge in [-0.05, 0) is 93.5 Å². The Balaban J connectivity index is 0.00000196. The number of nitrogens with one attached hydrogen (secondary N) is 3. The second kappa shape index (κ2) is 8.47. The van der Waals surface area contributed by atoms with Crippen LogP contribution in [0.2, 0.25) is 0 Å². The Hall–Kier alpha value is -0.810. The van der Waals surface area contributed by atoms with Crippen molar-refractivity contribution in [1.29, 1.82) is 0 Å². The first kappa shape index (κ1) is 19.9. The Kier molecular flexibility index (Phi) is 6.50. The van der Waals surface area contributed by atoms with Gasteiger partial charge in [0.2, 0.25) is 11.8 Å². The molecule has 1 aliphatic heterocycles. The molecule has 4 aliphatic carbocycles. The minimum Gasteiger partial charge on any atom is -0.355 e. The summed E-state index contributed by atoms with van der Waals surface area (Å²) in [7, 11) is 0. The molecule has 0 aromatic rings. The highest BCUT2D eigenvalue weighted by molar-refractivity contribution is 5.85. The molecule has 0 spiro atoms. The summed E-state index contributed by atoms with van der Waals surface area (Å²) in [5.74, 6) is 3.32. The van der Waals surface area contributed by atoms with Gasteiger partial charge >= 0.3 is 0 Å². The van der Waals surface area contributed by atoms with Crippen molar-refractivity contribution in [2.75, 3.05) is 26.2 Å². The molecular weight excluding hydrogens is 350 g/mol. The van der Waals surface area contributed by atoms with Crippen LogP contribution < -0.4 is 16.0 Å². The lowest BCUT2D eigenvalue weighted by atomic mass is 9.49. The van der Waals surface area contributed by atoms with Crippen LogP contribution in [0.25, 0.3) is 0 Å². The maximum absolute atomic E-state index is 12.4. The summed E-state index contributed by atoms with van der Waals surface area (Å²) >= 11 is 0. The van der Waals surface area contributed by atoms with Crippen molar-refractivity contribution < 1.29 is 9.59 Å². The Morgan fingerprint density at radius 1 is 0.962 bits per heavy atom. The van der Waals surface area contributed by atoms with Crippen LogP contribution in [0.5, 0.6) is 0 Å². The van der Waals surface area contributed by atoms with E-state index in [1.54, 1.807) is 0 Å². The second-order valence-electron chi connectivity index (χ2n) is 9.37. The van der Waals surface area contributed by atoms with Gasteiger partial charge in [0, 0.05) is 13.0 Å². The van der Waals surface area contributed by atoms with Crippen molar-refractivity contribution in [1.82, 2.24) is 16.0 Å². The molecule has 6 heteroatoms. The van der Waals surface area contributed by atoms with Crippen LogP contribution in [-0.4, -0.2) is 38.0 Å². The van der Waals surface area contributed by atoms with E-state index in [0.717, 1.165) is 43.8 Å². The second-order valence-corrected chi connectivity index (χ2v) is 9.37. The van der Waals surface area contributed by atoms with Crippen LogP contribution in [0.4, 0.5) is 0 Å². The molecule has 148 valence electrons. The first-order chi connectivity index (χ1) is 12.1. The number of hydrogen-bond acceptors (Lipinski definition) is 3. The molecule has 2 amide bonds. The summed E-state index contributed by atoms with van der Waals surface area (Å²) in [5, 5.41) is 9.16. The summed E-state index contributed by atoms with van der Waals surface area (Å²) in [6.07, 6.45) is 10.8. The fraction of sp³-hybridized carbons (Fsp3) is 0.900. The minimum atomic E-state index is -0.0511. The summed E-state index contributed by atoms with van der Waals surface area (Å²) in [5.41, 5.74) is 0.255. The van der Waals surface area contributed by atoms with Crippen LogP contribution >= 0.6 is 12.4 Å². The molecule has 1 unspecified atom stereocenters. The van der Waals surface area contributed by atoms with Crippen LogP contribution in [0.1, 0.15) is 57.8 Å². The van der Waals surface area contributed by atoms with E-state index in [9.17, 15) is 9.59 Å². The minimum absolute atomic E-state index is 0. The van der Waals surface area contributed by atoms with Crippen LogP contribution in [-0.2, 0) is 9.59 Å². The van der Waals surface area contributed by atoms with Crippen molar-refractivity contribution in [2.45, 2.75) is 57.8 Å². The largest absolute Gasteiger partial charge is 0.355 e. The Bertz CT molecular complexity index is 484. The molecule has 3 N–H and O–H groups in total. The lowest BCUT2D eigenvalue weighted by molar-refractivity contribution is -0.131. The van der Waals surface area contributed by atoms with Gasteiger partial charge in [0.1, 0.15) is 0 Å². The molecule has 1 saturated heterocycles. The Labute approximate surface area is 163 Å². The highest BCUT2D eigenvalue weighted by atomic mass is 35.5. The fourth-order valence-electron chi connectivity index (χ4n) is 6.53. The van der Waals surface area contributed by atoms with Crippen molar-refractivity contribution in [2.24, 2.45) is 29.1 Å². The van der Waals surface area contributed by atoms with E-state index in [2.05, 4.69) is 16.0 Å². The first-order valence-electron chi connectivity index (χ1n) is 10.3. The zero-order valence-corrected chi connectivity index (χ0v) is 16.5. The summed E-state index contributed by atoms with van der Waals surface area (Å²) in [4.78, 5) is 24.4. The summed E-state index contributed by atoms with van der Waals surface area (Å²) in [6.45, 7) is 3.01. The Morgan fingerprint density at radius 2 is 1.62 bits per heavy atom. The van der Waals surface area contributed by atoms with Gasteiger partial charge in [0.15, 0.2) is 0 Å². The topological polar surface area (TPSA) is 70.2 Å². The molecule has 5 rings (SSSR count). The van der Waals surface area contributed by atoms with Gasteiger partial charge in [-0.15, -0.1) is 12.4 Å². The van der Waals surface area contributed by atoms with E-state index >= 15 is 0 Å². The lowest BCUT2D eigenvalue weighted by Gasteiger charge is -2.56. The fourth-order valence-corrected chi connectivity index (χ4v) is 6.53. The number of rotatable bonds is 7. The molecule has 4 bridgehead atoms. The average Bonchev–Trinajstić information content (AvgIpc) is 3.04. The predicted octanol–water partition coefficient (Wildman–Crippen LogP) is 2.25. The molecule has 5 aliphatic rings. The molecule has 0 radical (unpaired) electrons. The van der Waals surface area contributed by atoms with Gasteiger partial charge in [-0.2, -0.15) is 0 Å². The van der Waals surface area contributed by atoms with Crippen molar-refractivity contribution in [3.63, 3.8) is 0 Å². The molecular formula is C20H34ClN3O2. The molecule has 5 fully saturated rings. The van der Waals surface area contributed by atoms with Crippen LogP contribution in [0.3, 0.4) is 0 Å². The zero-order valence-electron chi connectivity index (χ0n) is 15.7. The standard InChI is InChI=1S/C20H33N3O2.ClH/c24-18(23-13-19(25)22-4-2-14-1-3-21-12-14)11-20-8-15-5-16(9-20)7-17(6-15)10-20;/h14-17,21H,1-13H2,(H,22,25)(H,23,24);1H. The SMILES string of the molecule is Cl.O=C(CNC(=O)CC12CC3CC(CC(C3)C1)C2)NCCC1CCNC1. The van der Waals surface area contributed by atoms with E-state index in [4.69, 9.17) is 0 Å². The number of hydrogen-bond donors (Lipinski definition) is 3. The number of amides is 2. The van der Waals surface area contributed by atoms with Gasteiger partial charge in [-0.1, -0.05) is 0 Å². The van der Waals surface area contributed by atoms with E-state index in [0.29, 0.717) is 12.3 Å². The third kappa shape index (κ3) is 4.72. The first-order valence-corrected chi connectivity index (χ1v) is 10.3. The van der Waals surface area contributed by atoms with E-state index in [1.807, 2.05) is 0 Å². The van der Waals surface area contributed by atoms with Crippen LogP contribution in [0.15, 0.2) is 0 Å². The number of carbonyl (C=O) groups is 2. The van der Waals surface area contributed by atoms with E-state index < -0.39 is 0 Å². The molecule has 0 aromatic heterocycles. The van der Waals surface area contributed by atoms with Gasteiger partial charge in [-0.25, -0.2) is 0 Å². The van der Waals surface area contributed by atoms with Gasteiger partial charge < -0.3 is 16.0 Å². The maximum Gasteiger partial charge on any atom is 0.239 e. The summed E-state index contributed by atoms with van der Waals surface area (Å²) in [6, 6.07) is 0. The predicted molar refractivity (Wildman–Crippen MR) is 104 cm³/mol. The van der Waals surface area contributed by atoms with Crippen molar-refractivity contribution in [3.8, 4) is 0 Å². The number of carbonyl (C=O) groups excluding carboxylic acids is 2.